The molecule has 0 spiro atoms. The van der Waals surface area contributed by atoms with Gasteiger partial charge in [-0.25, -0.2) is 4.79 Å². The number of carbonyl (C=O) groups excluding carboxylic acids is 1. The van der Waals surface area contributed by atoms with Crippen LogP contribution in [0, 0.1) is 17.8 Å². The Morgan fingerprint density at radius 1 is 1.55 bits per heavy atom. The summed E-state index contributed by atoms with van der Waals surface area (Å²) in [5, 5.41) is 12.2. The van der Waals surface area contributed by atoms with Crippen molar-refractivity contribution in [3.63, 3.8) is 0 Å². The lowest BCUT2D eigenvalue weighted by molar-refractivity contribution is -0.148. The first-order valence-corrected chi connectivity index (χ1v) is 7.98. The monoisotopic (exact) mass is 298 g/mol. The molecule has 5 nitrogen and oxygen atoms in total. The van der Waals surface area contributed by atoms with Crippen LogP contribution in [0.1, 0.15) is 26.2 Å². The van der Waals surface area contributed by atoms with Crippen molar-refractivity contribution in [2.75, 3.05) is 31.1 Å². The van der Waals surface area contributed by atoms with Crippen molar-refractivity contribution in [2.24, 2.45) is 5.41 Å². The molecule has 0 aromatic rings. The molecule has 112 valence electrons. The van der Waals surface area contributed by atoms with Crippen molar-refractivity contribution >= 4 is 23.8 Å². The first-order valence-electron chi connectivity index (χ1n) is 6.83. The Hall–Kier alpha value is -1.35. The number of thioether (sulfide) groups is 1. The highest BCUT2D eigenvalue weighted by molar-refractivity contribution is 7.99. The molecule has 0 saturated carbocycles. The zero-order valence-electron chi connectivity index (χ0n) is 11.9. The van der Waals surface area contributed by atoms with E-state index in [9.17, 15) is 14.7 Å². The molecule has 1 aliphatic rings. The second-order valence-corrected chi connectivity index (χ2v) is 6.10. The maximum absolute atomic E-state index is 12.0. The molecule has 1 saturated heterocycles. The van der Waals surface area contributed by atoms with Gasteiger partial charge in [-0.1, -0.05) is 19.3 Å². The van der Waals surface area contributed by atoms with Crippen molar-refractivity contribution < 1.29 is 14.7 Å². The summed E-state index contributed by atoms with van der Waals surface area (Å²) in [7, 11) is 0. The Balaban J connectivity index is 2.40. The van der Waals surface area contributed by atoms with Crippen molar-refractivity contribution in [3.8, 4) is 12.3 Å². The number of urea groups is 1. The molecule has 6 heteroatoms. The number of amides is 2. The van der Waals surface area contributed by atoms with Gasteiger partial charge in [-0.05, 0) is 12.8 Å². The fourth-order valence-corrected chi connectivity index (χ4v) is 2.99. The molecule has 1 fully saturated rings. The first-order chi connectivity index (χ1) is 9.55. The molecule has 1 atom stereocenters. The molecule has 0 bridgehead atoms. The lowest BCUT2D eigenvalue weighted by atomic mass is 9.83. The zero-order valence-corrected chi connectivity index (χ0v) is 12.7. The van der Waals surface area contributed by atoms with Crippen LogP contribution < -0.4 is 5.32 Å². The van der Waals surface area contributed by atoms with E-state index in [-0.39, 0.29) is 6.03 Å². The maximum Gasteiger partial charge on any atom is 0.317 e. The lowest BCUT2D eigenvalue weighted by Gasteiger charge is -2.24. The highest BCUT2D eigenvalue weighted by atomic mass is 32.2. The molecule has 0 aliphatic carbocycles. The van der Waals surface area contributed by atoms with Gasteiger partial charge in [-0.3, -0.25) is 4.79 Å². The number of carboxylic acids is 1. The van der Waals surface area contributed by atoms with Gasteiger partial charge in [0.1, 0.15) is 0 Å². The largest absolute Gasteiger partial charge is 0.481 e. The molecule has 0 radical (unpaired) electrons. The fraction of sp³-hybridized carbons (Fsp3) is 0.714. The lowest BCUT2D eigenvalue weighted by Crippen LogP contribution is -2.42. The predicted molar refractivity (Wildman–Crippen MR) is 80.7 cm³/mol. The Morgan fingerprint density at radius 3 is 2.90 bits per heavy atom. The Bertz CT molecular complexity index is 394. The van der Waals surface area contributed by atoms with Crippen LogP contribution in [0.4, 0.5) is 4.79 Å². The molecule has 0 aromatic carbocycles. The number of likely N-dealkylation sites (tertiary alicyclic amines) is 1. The van der Waals surface area contributed by atoms with Crippen molar-refractivity contribution in [1.82, 2.24) is 10.2 Å². The summed E-state index contributed by atoms with van der Waals surface area (Å²) >= 11 is 1.59. The Kier molecular flexibility index (Phi) is 6.73. The third-order valence-corrected chi connectivity index (χ3v) is 4.39. The van der Waals surface area contributed by atoms with Crippen LogP contribution in [0.5, 0.6) is 0 Å². The van der Waals surface area contributed by atoms with E-state index >= 15 is 0 Å². The van der Waals surface area contributed by atoms with Crippen LogP contribution in [0.25, 0.3) is 0 Å². The van der Waals surface area contributed by atoms with Gasteiger partial charge in [-0.15, -0.1) is 18.2 Å². The van der Waals surface area contributed by atoms with Gasteiger partial charge in [0.05, 0.1) is 11.2 Å². The van der Waals surface area contributed by atoms with Gasteiger partial charge >= 0.3 is 12.0 Å². The van der Waals surface area contributed by atoms with E-state index in [1.165, 1.54) is 0 Å². The van der Waals surface area contributed by atoms with Gasteiger partial charge in [-0.2, -0.15) is 0 Å². The summed E-state index contributed by atoms with van der Waals surface area (Å²) in [6.07, 6.45) is 7.10. The van der Waals surface area contributed by atoms with Crippen LogP contribution in [0.3, 0.4) is 0 Å². The van der Waals surface area contributed by atoms with Crippen LogP contribution in [0.15, 0.2) is 0 Å². The normalized spacial score (nSPS) is 21.5. The van der Waals surface area contributed by atoms with Crippen molar-refractivity contribution in [1.29, 1.82) is 0 Å². The van der Waals surface area contributed by atoms with Crippen LogP contribution in [0.2, 0.25) is 0 Å². The third kappa shape index (κ3) is 4.34. The van der Waals surface area contributed by atoms with Crippen LogP contribution >= 0.6 is 11.8 Å². The van der Waals surface area contributed by atoms with Gasteiger partial charge in [0, 0.05) is 25.4 Å². The number of hydrogen-bond acceptors (Lipinski definition) is 3. The Labute approximate surface area is 124 Å². The van der Waals surface area contributed by atoms with Crippen LogP contribution in [-0.4, -0.2) is 53.1 Å². The van der Waals surface area contributed by atoms with E-state index in [2.05, 4.69) is 11.2 Å². The molecule has 2 amide bonds. The second kappa shape index (κ2) is 8.05. The van der Waals surface area contributed by atoms with Gasteiger partial charge in [0.15, 0.2) is 0 Å². The van der Waals surface area contributed by atoms with E-state index in [1.54, 1.807) is 16.7 Å². The first kappa shape index (κ1) is 16.7. The number of nitrogens with zero attached hydrogens (tertiary/aromatic N) is 1. The zero-order chi connectivity index (χ0) is 15.0. The summed E-state index contributed by atoms with van der Waals surface area (Å²) in [5.41, 5.74) is -0.760. The van der Waals surface area contributed by atoms with E-state index in [0.717, 1.165) is 12.2 Å². The fourth-order valence-electron chi connectivity index (χ4n) is 2.48. The molecule has 20 heavy (non-hydrogen) atoms. The number of rotatable bonds is 7. The van der Waals surface area contributed by atoms with Crippen LogP contribution in [-0.2, 0) is 4.79 Å². The number of carboxylic acid groups (broad SMARTS) is 1. The third-order valence-electron chi connectivity index (χ3n) is 3.53. The van der Waals surface area contributed by atoms with E-state index < -0.39 is 11.4 Å². The quantitative estimate of drug-likeness (QED) is 0.554. The van der Waals surface area contributed by atoms with E-state index in [0.29, 0.717) is 38.2 Å². The average Bonchev–Trinajstić information content (AvgIpc) is 2.84. The predicted octanol–water partition coefficient (Wildman–Crippen LogP) is 1.64. The highest BCUT2D eigenvalue weighted by Crippen LogP contribution is 2.35. The number of carbonyl (C=O) groups is 2. The molecule has 1 unspecified atom stereocenters. The van der Waals surface area contributed by atoms with Crippen molar-refractivity contribution in [3.05, 3.63) is 0 Å². The molecular formula is C14H22N2O3S. The minimum Gasteiger partial charge on any atom is -0.481 e. The molecule has 0 aromatic heterocycles. The summed E-state index contributed by atoms with van der Waals surface area (Å²) in [6, 6.07) is -0.175. The molecule has 1 heterocycles. The average molecular weight is 298 g/mol. The number of aliphatic carboxylic acids is 1. The van der Waals surface area contributed by atoms with E-state index in [4.69, 9.17) is 6.42 Å². The summed E-state index contributed by atoms with van der Waals surface area (Å²) in [6.45, 7) is 3.33. The van der Waals surface area contributed by atoms with E-state index in [1.807, 2.05) is 6.92 Å². The van der Waals surface area contributed by atoms with Gasteiger partial charge in [0.25, 0.3) is 0 Å². The highest BCUT2D eigenvalue weighted by Gasteiger charge is 2.45. The minimum atomic E-state index is -0.792. The Morgan fingerprint density at radius 2 is 2.30 bits per heavy atom. The second-order valence-electron chi connectivity index (χ2n) is 5.00. The summed E-state index contributed by atoms with van der Waals surface area (Å²) < 4.78 is 0. The number of nitrogens with one attached hydrogen (secondary N) is 1. The molecule has 2 N–H and O–H groups in total. The molecular weight excluding hydrogens is 276 g/mol. The van der Waals surface area contributed by atoms with Gasteiger partial charge < -0.3 is 15.3 Å². The maximum atomic E-state index is 12.0. The van der Waals surface area contributed by atoms with Crippen molar-refractivity contribution in [2.45, 2.75) is 26.2 Å². The molecule has 1 aliphatic heterocycles. The van der Waals surface area contributed by atoms with Gasteiger partial charge in [0.2, 0.25) is 0 Å². The number of hydrogen-bond donors (Lipinski definition) is 2. The standard InChI is InChI=1S/C14H22N2O3S/c1-3-5-14(12(17)18)6-8-16(11-14)13(19)15-7-10-20-9-4-2/h2H,3,5-11H2,1H3,(H,15,19)(H,17,18). The number of terminal acetylenes is 1. The SMILES string of the molecule is C#CCSCCNC(=O)N1CCC(CCC)(C(=O)O)C1. The molecule has 1 rings (SSSR count). The summed E-state index contributed by atoms with van der Waals surface area (Å²) in [4.78, 5) is 25.0. The smallest absolute Gasteiger partial charge is 0.317 e. The summed E-state index contributed by atoms with van der Waals surface area (Å²) in [5.74, 6) is 3.13. The minimum absolute atomic E-state index is 0.175. The topological polar surface area (TPSA) is 69.6 Å².